The Morgan fingerprint density at radius 1 is 0.900 bits per heavy atom. The summed E-state index contributed by atoms with van der Waals surface area (Å²) in [6.07, 6.45) is 2.74. The molecule has 0 radical (unpaired) electrons. The van der Waals surface area contributed by atoms with Gasteiger partial charge in [0, 0.05) is 44.8 Å². The second-order valence-corrected chi connectivity index (χ2v) is 8.23. The summed E-state index contributed by atoms with van der Waals surface area (Å²) in [5, 5.41) is 0. The van der Waals surface area contributed by atoms with Crippen LogP contribution in [0.4, 0.5) is 0 Å². The molecule has 2 aliphatic rings. The molecule has 2 aliphatic heterocycles. The van der Waals surface area contributed by atoms with Gasteiger partial charge >= 0.3 is 0 Å². The predicted molar refractivity (Wildman–Crippen MR) is 87.2 cm³/mol. The number of piperidine rings is 1. The monoisotopic (exact) mass is 281 g/mol. The van der Waals surface area contributed by atoms with Gasteiger partial charge in [-0.3, -0.25) is 4.90 Å². The van der Waals surface area contributed by atoms with Gasteiger partial charge in [0.1, 0.15) is 0 Å². The van der Waals surface area contributed by atoms with Crippen molar-refractivity contribution in [2.75, 3.05) is 45.8 Å². The minimum Gasteiger partial charge on any atom is -0.301 e. The summed E-state index contributed by atoms with van der Waals surface area (Å²) in [5.41, 5.74) is 0.435. The molecule has 0 amide bonds. The number of piperazine rings is 1. The maximum absolute atomic E-state index is 2.76. The van der Waals surface area contributed by atoms with Crippen molar-refractivity contribution >= 4 is 0 Å². The summed E-state index contributed by atoms with van der Waals surface area (Å²) in [4.78, 5) is 8.04. The molecule has 2 heterocycles. The molecule has 3 heteroatoms. The van der Waals surface area contributed by atoms with Gasteiger partial charge < -0.3 is 9.80 Å². The summed E-state index contributed by atoms with van der Waals surface area (Å²) < 4.78 is 0. The number of rotatable bonds is 3. The lowest BCUT2D eigenvalue weighted by Gasteiger charge is -2.44. The first-order valence-corrected chi connectivity index (χ1v) is 8.55. The third kappa shape index (κ3) is 4.71. The molecular formula is C17H35N3. The van der Waals surface area contributed by atoms with Gasteiger partial charge in [-0.15, -0.1) is 0 Å². The largest absolute Gasteiger partial charge is 0.301 e. The minimum absolute atomic E-state index is 0.435. The van der Waals surface area contributed by atoms with Crippen molar-refractivity contribution in [1.82, 2.24) is 14.7 Å². The Morgan fingerprint density at radius 2 is 1.45 bits per heavy atom. The Hall–Kier alpha value is -0.120. The normalized spacial score (nSPS) is 25.5. The van der Waals surface area contributed by atoms with E-state index in [2.05, 4.69) is 49.3 Å². The molecule has 0 saturated carbocycles. The molecule has 2 fully saturated rings. The van der Waals surface area contributed by atoms with E-state index < -0.39 is 0 Å². The van der Waals surface area contributed by atoms with E-state index >= 15 is 0 Å². The average Bonchev–Trinajstić information content (AvgIpc) is 2.38. The molecule has 0 unspecified atom stereocenters. The van der Waals surface area contributed by atoms with Crippen LogP contribution in [-0.2, 0) is 0 Å². The van der Waals surface area contributed by atoms with Crippen molar-refractivity contribution in [1.29, 1.82) is 0 Å². The summed E-state index contributed by atoms with van der Waals surface area (Å²) in [6, 6.07) is 1.57. The van der Waals surface area contributed by atoms with Gasteiger partial charge in [-0.1, -0.05) is 20.8 Å². The fraction of sp³-hybridized carbons (Fsp3) is 1.00. The van der Waals surface area contributed by atoms with Crippen LogP contribution in [0.1, 0.15) is 47.5 Å². The molecule has 118 valence electrons. The van der Waals surface area contributed by atoms with Gasteiger partial charge in [-0.25, -0.2) is 0 Å². The summed E-state index contributed by atoms with van der Waals surface area (Å²) in [6.45, 7) is 20.6. The smallest absolute Gasteiger partial charge is 0.0121 e. The highest BCUT2D eigenvalue weighted by Gasteiger charge is 2.28. The van der Waals surface area contributed by atoms with Crippen LogP contribution >= 0.6 is 0 Å². The predicted octanol–water partition coefficient (Wildman–Crippen LogP) is 2.52. The first kappa shape index (κ1) is 16.3. The number of likely N-dealkylation sites (tertiary alicyclic amines) is 1. The van der Waals surface area contributed by atoms with Crippen LogP contribution in [0, 0.1) is 5.41 Å². The van der Waals surface area contributed by atoms with Crippen LogP contribution in [-0.4, -0.2) is 72.6 Å². The third-order valence-electron chi connectivity index (χ3n) is 4.85. The van der Waals surface area contributed by atoms with Gasteiger partial charge in [0.25, 0.3) is 0 Å². The molecule has 2 saturated heterocycles. The molecule has 0 aromatic rings. The highest BCUT2D eigenvalue weighted by atomic mass is 15.3. The highest BCUT2D eigenvalue weighted by Crippen LogP contribution is 2.21. The van der Waals surface area contributed by atoms with E-state index in [1.807, 2.05) is 0 Å². The molecule has 0 aliphatic carbocycles. The van der Waals surface area contributed by atoms with Gasteiger partial charge in [-0.2, -0.15) is 0 Å². The first-order valence-electron chi connectivity index (χ1n) is 8.55. The topological polar surface area (TPSA) is 9.72 Å². The van der Waals surface area contributed by atoms with Crippen LogP contribution in [0.25, 0.3) is 0 Å². The lowest BCUT2D eigenvalue weighted by Crippen LogP contribution is -2.54. The fourth-order valence-electron chi connectivity index (χ4n) is 3.72. The van der Waals surface area contributed by atoms with Crippen molar-refractivity contribution in [3.05, 3.63) is 0 Å². The maximum Gasteiger partial charge on any atom is 0.0121 e. The minimum atomic E-state index is 0.435. The van der Waals surface area contributed by atoms with Crippen LogP contribution in [0.15, 0.2) is 0 Å². The van der Waals surface area contributed by atoms with E-state index in [0.29, 0.717) is 5.41 Å². The number of nitrogens with zero attached hydrogens (tertiary/aromatic N) is 3. The fourth-order valence-corrected chi connectivity index (χ4v) is 3.72. The molecular weight excluding hydrogens is 246 g/mol. The standard InChI is InChI=1S/C17H35N3/c1-15(2)19-8-6-16(7-9-19)20-12-10-18(11-13-20)14-17(3,4)5/h15-16H,6-14H2,1-5H3. The molecule has 20 heavy (non-hydrogen) atoms. The molecule has 0 spiro atoms. The van der Waals surface area contributed by atoms with Crippen molar-refractivity contribution in [3.63, 3.8) is 0 Å². The molecule has 0 N–H and O–H groups in total. The lowest BCUT2D eigenvalue weighted by atomic mass is 9.95. The van der Waals surface area contributed by atoms with Crippen molar-refractivity contribution in [2.24, 2.45) is 5.41 Å². The molecule has 0 atom stereocenters. The Bertz CT molecular complexity index is 279. The molecule has 2 rings (SSSR count). The van der Waals surface area contributed by atoms with Crippen molar-refractivity contribution < 1.29 is 0 Å². The van der Waals surface area contributed by atoms with Gasteiger partial charge in [0.2, 0.25) is 0 Å². The van der Waals surface area contributed by atoms with Crippen LogP contribution in [0.3, 0.4) is 0 Å². The second kappa shape index (κ2) is 6.76. The quantitative estimate of drug-likeness (QED) is 0.787. The van der Waals surface area contributed by atoms with E-state index in [9.17, 15) is 0 Å². The van der Waals surface area contributed by atoms with Crippen molar-refractivity contribution in [3.8, 4) is 0 Å². The lowest BCUT2D eigenvalue weighted by molar-refractivity contribution is 0.0420. The Morgan fingerprint density at radius 3 is 1.90 bits per heavy atom. The summed E-state index contributed by atoms with van der Waals surface area (Å²) in [5.74, 6) is 0. The molecule has 0 aromatic heterocycles. The second-order valence-electron chi connectivity index (χ2n) is 8.23. The molecule has 0 aromatic carbocycles. The summed E-state index contributed by atoms with van der Waals surface area (Å²) in [7, 11) is 0. The third-order valence-corrected chi connectivity index (χ3v) is 4.85. The Balaban J connectivity index is 1.72. The zero-order chi connectivity index (χ0) is 14.8. The number of hydrogen-bond acceptors (Lipinski definition) is 3. The first-order chi connectivity index (χ1) is 9.35. The van der Waals surface area contributed by atoms with E-state index in [1.165, 1.54) is 58.7 Å². The zero-order valence-corrected chi connectivity index (χ0v) is 14.4. The zero-order valence-electron chi connectivity index (χ0n) is 14.4. The molecule has 3 nitrogen and oxygen atoms in total. The van der Waals surface area contributed by atoms with E-state index in [-0.39, 0.29) is 0 Å². The molecule has 0 bridgehead atoms. The number of hydrogen-bond donors (Lipinski definition) is 0. The van der Waals surface area contributed by atoms with Crippen LogP contribution in [0.5, 0.6) is 0 Å². The highest BCUT2D eigenvalue weighted by molar-refractivity contribution is 4.85. The van der Waals surface area contributed by atoms with Crippen LogP contribution < -0.4 is 0 Å². The van der Waals surface area contributed by atoms with Gasteiger partial charge in [0.05, 0.1) is 0 Å². The Kier molecular flexibility index (Phi) is 5.49. The maximum atomic E-state index is 2.76. The van der Waals surface area contributed by atoms with E-state index in [1.54, 1.807) is 0 Å². The van der Waals surface area contributed by atoms with Gasteiger partial charge in [0.15, 0.2) is 0 Å². The average molecular weight is 281 g/mol. The van der Waals surface area contributed by atoms with Crippen LogP contribution in [0.2, 0.25) is 0 Å². The SMILES string of the molecule is CC(C)N1CCC(N2CCN(CC(C)(C)C)CC2)CC1. The van der Waals surface area contributed by atoms with E-state index in [0.717, 1.165) is 12.1 Å². The van der Waals surface area contributed by atoms with Crippen molar-refractivity contribution in [2.45, 2.75) is 59.5 Å². The van der Waals surface area contributed by atoms with Gasteiger partial charge in [-0.05, 0) is 45.2 Å². The summed E-state index contributed by atoms with van der Waals surface area (Å²) >= 11 is 0. The Labute approximate surface area is 126 Å². The van der Waals surface area contributed by atoms with E-state index in [4.69, 9.17) is 0 Å².